The maximum atomic E-state index is 13.9. The number of nitrogens with zero attached hydrogens (tertiary/aromatic N) is 1. The fourth-order valence-corrected chi connectivity index (χ4v) is 13.1. The summed E-state index contributed by atoms with van der Waals surface area (Å²) in [6, 6.07) is -0.309. The Bertz CT molecular complexity index is 1620. The van der Waals surface area contributed by atoms with E-state index < -0.39 is 124 Å². The zero-order valence-electron chi connectivity index (χ0n) is 34.2. The van der Waals surface area contributed by atoms with Gasteiger partial charge in [-0.25, -0.2) is 4.79 Å². The molecule has 7 aliphatic rings. The highest BCUT2D eigenvalue weighted by molar-refractivity contribution is 5.79. The summed E-state index contributed by atoms with van der Waals surface area (Å²) in [4.78, 5) is 55.6. The number of hydrogen-bond donors (Lipinski definition) is 5. The SMILES string of the molecule is CCC(C)C(=O)O[C@H]1[C@H](O)C2C(CN3CC(C)CCC3C2(C)O)C2C[C@@]34O[C@@]5(O)C(C(OC(C)=O)C(OC(C)=O)C3[C@@]21O)[C@]4(C)CC[C@@H]5OC(=O)C(C)(O)CC. The Kier molecular flexibility index (Phi) is 10.1. The second kappa shape index (κ2) is 13.6. The van der Waals surface area contributed by atoms with Crippen LogP contribution in [-0.4, -0.2) is 132 Å². The Balaban J connectivity index is 1.45. The summed E-state index contributed by atoms with van der Waals surface area (Å²) >= 11 is 0. The summed E-state index contributed by atoms with van der Waals surface area (Å²) in [5.74, 6) is -10.8. The van der Waals surface area contributed by atoms with Gasteiger partial charge >= 0.3 is 23.9 Å². The quantitative estimate of drug-likeness (QED) is 0.174. The summed E-state index contributed by atoms with van der Waals surface area (Å²) in [5, 5.41) is 62.9. The minimum atomic E-state index is -2.38. The standard InChI is InChI=1S/C41H63NO14/c1-10-20(4)34(46)55-33-28(45)27-23(18-42-17-19(3)12-13-25(42)38(27,9)49)24-16-39-32(40(24,33)50)30(53-22(6)44)29(52-21(5)43)31-36(39,7)15-14-26(41(31,51)56-39)54-35(47)37(8,48)11-2/h19-20,23-33,45,48-51H,10-18H2,1-9H3/t19?,20?,23?,24?,25?,26-,27?,28+,29?,30?,31?,32?,33-,36-,37?,38?,39+,40-,41+/m0/s1. The van der Waals surface area contributed by atoms with Crippen LogP contribution in [0.1, 0.15) is 107 Å². The molecule has 15 heteroatoms. The average molecular weight is 794 g/mol. The Morgan fingerprint density at radius 3 is 2.14 bits per heavy atom. The number of rotatable bonds is 8. The van der Waals surface area contributed by atoms with Gasteiger partial charge in [0.15, 0.2) is 17.8 Å². The predicted octanol–water partition coefficient (Wildman–Crippen LogP) is 1.61. The normalized spacial score (nSPS) is 50.5. The van der Waals surface area contributed by atoms with Crippen LogP contribution >= 0.6 is 0 Å². The topological polar surface area (TPSA) is 219 Å². The van der Waals surface area contributed by atoms with E-state index in [-0.39, 0.29) is 31.7 Å². The van der Waals surface area contributed by atoms with E-state index in [1.807, 2.05) is 13.8 Å². The number of fused-ring (bicyclic) bond motifs is 5. The van der Waals surface area contributed by atoms with Crippen molar-refractivity contribution in [2.24, 2.45) is 46.8 Å². The first-order chi connectivity index (χ1) is 26.0. The van der Waals surface area contributed by atoms with Crippen LogP contribution in [0.4, 0.5) is 0 Å². The molecule has 19 atom stereocenters. The molecule has 15 nitrogen and oxygen atoms in total. The van der Waals surface area contributed by atoms with Crippen molar-refractivity contribution in [1.29, 1.82) is 0 Å². The molecule has 0 radical (unpaired) electrons. The van der Waals surface area contributed by atoms with Crippen molar-refractivity contribution in [2.45, 2.75) is 172 Å². The van der Waals surface area contributed by atoms with E-state index in [1.165, 1.54) is 20.8 Å². The molecular formula is C41H63NO14. The molecule has 0 aromatic rings. The van der Waals surface area contributed by atoms with Crippen molar-refractivity contribution < 1.29 is 68.4 Å². The van der Waals surface area contributed by atoms with Crippen LogP contribution in [0.3, 0.4) is 0 Å². The van der Waals surface area contributed by atoms with Crippen LogP contribution < -0.4 is 0 Å². The summed E-state index contributed by atoms with van der Waals surface area (Å²) in [5.41, 5.74) is -8.37. The fourth-order valence-electron chi connectivity index (χ4n) is 13.1. The van der Waals surface area contributed by atoms with Gasteiger partial charge in [-0.3, -0.25) is 19.3 Å². The monoisotopic (exact) mass is 793 g/mol. The molecule has 4 saturated carbocycles. The highest BCUT2D eigenvalue weighted by atomic mass is 16.7. The van der Waals surface area contributed by atoms with Crippen LogP contribution in [0.15, 0.2) is 0 Å². The lowest BCUT2D eigenvalue weighted by Crippen LogP contribution is -2.78. The van der Waals surface area contributed by atoms with E-state index >= 15 is 0 Å². The van der Waals surface area contributed by atoms with Crippen molar-refractivity contribution in [3.63, 3.8) is 0 Å². The molecule has 7 fully saturated rings. The molecule has 0 aromatic heterocycles. The number of hydrogen-bond acceptors (Lipinski definition) is 15. The van der Waals surface area contributed by atoms with Crippen LogP contribution in [0.2, 0.25) is 0 Å². The van der Waals surface area contributed by atoms with Gasteiger partial charge in [-0.1, -0.05) is 34.6 Å². The Hall–Kier alpha value is -2.40. The Morgan fingerprint density at radius 2 is 1.55 bits per heavy atom. The van der Waals surface area contributed by atoms with Crippen LogP contribution in [0.25, 0.3) is 0 Å². The number of aliphatic hydroxyl groups is 5. The molecule has 4 bridgehead atoms. The van der Waals surface area contributed by atoms with Gasteiger partial charge in [0, 0.05) is 44.3 Å². The van der Waals surface area contributed by atoms with Crippen molar-refractivity contribution in [2.75, 3.05) is 13.1 Å². The number of carbonyl (C=O) groups excluding carboxylic acids is 4. The predicted molar refractivity (Wildman–Crippen MR) is 195 cm³/mol. The third-order valence-electron chi connectivity index (χ3n) is 16.0. The molecule has 1 spiro atoms. The Morgan fingerprint density at radius 1 is 0.929 bits per heavy atom. The van der Waals surface area contributed by atoms with Gasteiger partial charge < -0.3 is 49.2 Å². The zero-order valence-corrected chi connectivity index (χ0v) is 34.2. The van der Waals surface area contributed by atoms with Crippen LogP contribution in [-0.2, 0) is 42.9 Å². The summed E-state index contributed by atoms with van der Waals surface area (Å²) in [6.07, 6.45) is -5.31. The number of aliphatic hydroxyl groups excluding tert-OH is 1. The van der Waals surface area contributed by atoms with Crippen molar-refractivity contribution in [1.82, 2.24) is 4.90 Å². The lowest BCUT2D eigenvalue weighted by atomic mass is 9.48. The van der Waals surface area contributed by atoms with Gasteiger partial charge in [-0.15, -0.1) is 0 Å². The summed E-state index contributed by atoms with van der Waals surface area (Å²) in [6.45, 7) is 15.5. The van der Waals surface area contributed by atoms with E-state index in [1.54, 1.807) is 20.8 Å². The fraction of sp³-hybridized carbons (Fsp3) is 0.902. The third-order valence-corrected chi connectivity index (χ3v) is 16.0. The molecule has 0 aromatic carbocycles. The van der Waals surface area contributed by atoms with Crippen LogP contribution in [0.5, 0.6) is 0 Å². The highest BCUT2D eigenvalue weighted by Gasteiger charge is 2.90. The van der Waals surface area contributed by atoms with Gasteiger partial charge in [0.25, 0.3) is 0 Å². The molecule has 5 N–H and O–H groups in total. The summed E-state index contributed by atoms with van der Waals surface area (Å²) < 4.78 is 31.3. The molecule has 3 aliphatic heterocycles. The molecule has 0 amide bonds. The number of piperidine rings is 2. The Labute approximate surface area is 328 Å². The van der Waals surface area contributed by atoms with E-state index in [4.69, 9.17) is 23.7 Å². The van der Waals surface area contributed by atoms with Crippen molar-refractivity contribution in [3.8, 4) is 0 Å². The zero-order chi connectivity index (χ0) is 41.3. The molecule has 7 rings (SSSR count). The lowest BCUT2D eigenvalue weighted by Gasteiger charge is -2.64. The van der Waals surface area contributed by atoms with Crippen molar-refractivity contribution >= 4 is 23.9 Å². The second-order valence-electron chi connectivity index (χ2n) is 19.2. The molecule has 4 aliphatic carbocycles. The molecule has 3 heterocycles. The van der Waals surface area contributed by atoms with E-state index in [0.29, 0.717) is 31.8 Å². The molecule has 56 heavy (non-hydrogen) atoms. The first kappa shape index (κ1) is 41.7. The maximum Gasteiger partial charge on any atom is 0.338 e. The lowest BCUT2D eigenvalue weighted by molar-refractivity contribution is -0.301. The minimum absolute atomic E-state index is 0.0107. The average Bonchev–Trinajstić information content (AvgIpc) is 3.40. The smallest absolute Gasteiger partial charge is 0.338 e. The van der Waals surface area contributed by atoms with Crippen LogP contribution in [0, 0.1) is 46.8 Å². The number of ether oxygens (including phenoxy) is 5. The largest absolute Gasteiger partial charge is 0.458 e. The highest BCUT2D eigenvalue weighted by Crippen LogP contribution is 2.78. The molecular weight excluding hydrogens is 730 g/mol. The summed E-state index contributed by atoms with van der Waals surface area (Å²) in [7, 11) is 0. The van der Waals surface area contributed by atoms with Crippen molar-refractivity contribution in [3.05, 3.63) is 0 Å². The number of carbonyl (C=O) groups is 4. The first-order valence-corrected chi connectivity index (χ1v) is 20.7. The maximum absolute atomic E-state index is 13.9. The second-order valence-corrected chi connectivity index (χ2v) is 19.2. The van der Waals surface area contributed by atoms with Gasteiger partial charge in [-0.05, 0) is 76.5 Å². The van der Waals surface area contributed by atoms with Gasteiger partial charge in [0.1, 0.15) is 17.8 Å². The van der Waals surface area contributed by atoms with Gasteiger partial charge in [-0.2, -0.15) is 0 Å². The minimum Gasteiger partial charge on any atom is -0.458 e. The van der Waals surface area contributed by atoms with E-state index in [2.05, 4.69) is 11.8 Å². The molecule has 3 saturated heterocycles. The van der Waals surface area contributed by atoms with E-state index in [9.17, 15) is 44.7 Å². The van der Waals surface area contributed by atoms with Gasteiger partial charge in [0.05, 0.1) is 35.1 Å². The van der Waals surface area contributed by atoms with E-state index in [0.717, 1.165) is 6.42 Å². The molecule has 316 valence electrons. The first-order valence-electron chi connectivity index (χ1n) is 20.7. The van der Waals surface area contributed by atoms with Gasteiger partial charge in [0.2, 0.25) is 5.79 Å². The third kappa shape index (κ3) is 5.60. The molecule has 12 unspecified atom stereocenters. The number of esters is 4.